The van der Waals surface area contributed by atoms with Crippen molar-refractivity contribution in [2.75, 3.05) is 0 Å². The fraction of sp³-hybridized carbons (Fsp3) is 0.500. The van der Waals surface area contributed by atoms with Gasteiger partial charge in [0.2, 0.25) is 0 Å². The molecule has 1 fully saturated rings. The third kappa shape index (κ3) is 3.33. The predicted octanol–water partition coefficient (Wildman–Crippen LogP) is 1.52. The molecular weight excluding hydrogens is 254 g/mol. The molecular formula is C14H19N5O. The van der Waals surface area contributed by atoms with Gasteiger partial charge in [0.25, 0.3) is 0 Å². The maximum absolute atomic E-state index is 5.68. The summed E-state index contributed by atoms with van der Waals surface area (Å²) in [4.78, 5) is 8.56. The lowest BCUT2D eigenvalue weighted by molar-refractivity contribution is 0.286. The van der Waals surface area contributed by atoms with Crippen molar-refractivity contribution < 1.29 is 4.74 Å². The number of pyridine rings is 1. The lowest BCUT2D eigenvalue weighted by atomic mass is 10.3. The minimum Gasteiger partial charge on any atom is -0.484 e. The third-order valence-electron chi connectivity index (χ3n) is 3.31. The lowest BCUT2D eigenvalue weighted by Gasteiger charge is -2.07. The van der Waals surface area contributed by atoms with Crippen LogP contribution in [0.2, 0.25) is 0 Å². The van der Waals surface area contributed by atoms with E-state index in [2.05, 4.69) is 20.4 Å². The minimum atomic E-state index is 0.412. The van der Waals surface area contributed by atoms with E-state index >= 15 is 0 Å². The predicted molar refractivity (Wildman–Crippen MR) is 74.1 cm³/mol. The molecule has 6 nitrogen and oxygen atoms in total. The molecule has 0 saturated heterocycles. The van der Waals surface area contributed by atoms with Crippen LogP contribution in [-0.4, -0.2) is 25.8 Å². The topological polar surface area (TPSA) is 64.9 Å². The number of nitrogens with one attached hydrogen (secondary N) is 1. The number of ether oxygens (including phenoxy) is 1. The van der Waals surface area contributed by atoms with Crippen LogP contribution in [0.5, 0.6) is 5.75 Å². The van der Waals surface area contributed by atoms with E-state index in [4.69, 9.17) is 4.74 Å². The number of hydrogen-bond acceptors (Lipinski definition) is 5. The normalized spacial score (nSPS) is 14.4. The summed E-state index contributed by atoms with van der Waals surface area (Å²) in [5.41, 5.74) is 1.04. The van der Waals surface area contributed by atoms with E-state index in [9.17, 15) is 0 Å². The summed E-state index contributed by atoms with van der Waals surface area (Å²) in [5, 5.41) is 7.55. The van der Waals surface area contributed by atoms with Gasteiger partial charge in [-0.05, 0) is 31.9 Å². The smallest absolute Gasteiger partial charge is 0.164 e. The molecule has 0 radical (unpaired) electrons. The summed E-state index contributed by atoms with van der Waals surface area (Å²) in [6.07, 6.45) is 5.89. The van der Waals surface area contributed by atoms with E-state index in [1.165, 1.54) is 12.8 Å². The van der Waals surface area contributed by atoms with E-state index in [0.29, 0.717) is 12.6 Å². The Kier molecular flexibility index (Phi) is 3.92. The molecule has 0 aliphatic heterocycles. The van der Waals surface area contributed by atoms with Crippen LogP contribution in [0.1, 0.15) is 31.3 Å². The fourth-order valence-electron chi connectivity index (χ4n) is 1.95. The average molecular weight is 273 g/mol. The molecule has 0 atom stereocenters. The van der Waals surface area contributed by atoms with Gasteiger partial charge < -0.3 is 10.1 Å². The Morgan fingerprint density at radius 2 is 2.25 bits per heavy atom. The monoisotopic (exact) mass is 273 g/mol. The molecule has 0 amide bonds. The number of aryl methyl sites for hydroxylation is 1. The Hall–Kier alpha value is -1.95. The zero-order valence-electron chi connectivity index (χ0n) is 11.6. The largest absolute Gasteiger partial charge is 0.484 e. The first-order valence-electron chi connectivity index (χ1n) is 7.03. The van der Waals surface area contributed by atoms with Crippen molar-refractivity contribution in [1.29, 1.82) is 0 Å². The summed E-state index contributed by atoms with van der Waals surface area (Å²) in [6, 6.07) is 4.65. The second-order valence-corrected chi connectivity index (χ2v) is 4.92. The third-order valence-corrected chi connectivity index (χ3v) is 3.31. The van der Waals surface area contributed by atoms with Crippen LogP contribution in [0, 0.1) is 0 Å². The Morgan fingerprint density at radius 3 is 2.95 bits per heavy atom. The van der Waals surface area contributed by atoms with Crippen molar-refractivity contribution in [2.24, 2.45) is 0 Å². The Bertz CT molecular complexity index is 547. The molecule has 2 aromatic heterocycles. The van der Waals surface area contributed by atoms with Gasteiger partial charge in [-0.3, -0.25) is 4.98 Å². The molecule has 2 aromatic rings. The number of aromatic nitrogens is 4. The minimum absolute atomic E-state index is 0.412. The highest BCUT2D eigenvalue weighted by molar-refractivity contribution is 5.20. The van der Waals surface area contributed by atoms with Gasteiger partial charge in [-0.15, -0.1) is 0 Å². The van der Waals surface area contributed by atoms with Crippen LogP contribution in [-0.2, 0) is 19.7 Å². The molecule has 20 heavy (non-hydrogen) atoms. The first kappa shape index (κ1) is 13.1. The summed E-state index contributed by atoms with van der Waals surface area (Å²) < 4.78 is 7.50. The van der Waals surface area contributed by atoms with Gasteiger partial charge in [-0.2, -0.15) is 5.10 Å². The molecule has 0 spiro atoms. The van der Waals surface area contributed by atoms with Crippen molar-refractivity contribution >= 4 is 0 Å². The van der Waals surface area contributed by atoms with Crippen molar-refractivity contribution in [3.8, 4) is 5.75 Å². The second kappa shape index (κ2) is 6.00. The fourth-order valence-corrected chi connectivity index (χ4v) is 1.95. The summed E-state index contributed by atoms with van der Waals surface area (Å²) in [6.45, 7) is 4.06. The zero-order chi connectivity index (χ0) is 13.8. The van der Waals surface area contributed by atoms with Gasteiger partial charge in [-0.25, -0.2) is 9.67 Å². The maximum Gasteiger partial charge on any atom is 0.164 e. The highest BCUT2D eigenvalue weighted by atomic mass is 16.5. The van der Waals surface area contributed by atoms with E-state index in [0.717, 1.165) is 30.4 Å². The summed E-state index contributed by atoms with van der Waals surface area (Å²) >= 11 is 0. The quantitative estimate of drug-likeness (QED) is 0.828. The molecule has 3 rings (SSSR count). The first-order chi connectivity index (χ1) is 9.85. The van der Waals surface area contributed by atoms with Crippen LogP contribution < -0.4 is 10.1 Å². The number of nitrogens with zero attached hydrogens (tertiary/aromatic N) is 4. The van der Waals surface area contributed by atoms with Gasteiger partial charge in [0.1, 0.15) is 18.7 Å². The Labute approximate surface area is 118 Å². The van der Waals surface area contributed by atoms with Crippen molar-refractivity contribution in [2.45, 2.75) is 45.5 Å². The maximum atomic E-state index is 5.68. The molecule has 0 aromatic carbocycles. The first-order valence-corrected chi connectivity index (χ1v) is 7.03. The molecule has 6 heteroatoms. The zero-order valence-corrected chi connectivity index (χ0v) is 11.6. The van der Waals surface area contributed by atoms with Gasteiger partial charge in [0.05, 0.1) is 11.9 Å². The van der Waals surface area contributed by atoms with Gasteiger partial charge in [0, 0.05) is 19.1 Å². The van der Waals surface area contributed by atoms with E-state index in [-0.39, 0.29) is 0 Å². The van der Waals surface area contributed by atoms with Crippen molar-refractivity contribution in [1.82, 2.24) is 25.1 Å². The molecule has 1 aliphatic carbocycles. The van der Waals surface area contributed by atoms with Crippen LogP contribution in [0.25, 0.3) is 0 Å². The van der Waals surface area contributed by atoms with Crippen LogP contribution in [0.15, 0.2) is 24.7 Å². The van der Waals surface area contributed by atoms with Crippen LogP contribution in [0.4, 0.5) is 0 Å². The molecule has 2 heterocycles. The molecule has 1 aliphatic rings. The highest BCUT2D eigenvalue weighted by Crippen LogP contribution is 2.19. The van der Waals surface area contributed by atoms with E-state index in [1.807, 2.05) is 23.7 Å². The van der Waals surface area contributed by atoms with Crippen LogP contribution in [0.3, 0.4) is 0 Å². The standard InChI is InChI=1S/C14H19N5O/c1-2-19-14(17-10-18-19)9-20-13-6-5-12(16-8-13)7-15-11-3-4-11/h5-6,8,10-11,15H,2-4,7,9H2,1H3. The lowest BCUT2D eigenvalue weighted by Crippen LogP contribution is -2.16. The highest BCUT2D eigenvalue weighted by Gasteiger charge is 2.20. The molecule has 0 unspecified atom stereocenters. The molecule has 0 bridgehead atoms. The van der Waals surface area contributed by atoms with Crippen LogP contribution >= 0.6 is 0 Å². The van der Waals surface area contributed by atoms with Gasteiger partial charge >= 0.3 is 0 Å². The SMILES string of the molecule is CCn1ncnc1COc1ccc(CNC2CC2)nc1. The molecule has 106 valence electrons. The average Bonchev–Trinajstić information content (AvgIpc) is 3.21. The second-order valence-electron chi connectivity index (χ2n) is 4.92. The molecule has 1 saturated carbocycles. The van der Waals surface area contributed by atoms with Crippen molar-refractivity contribution in [3.05, 3.63) is 36.2 Å². The Morgan fingerprint density at radius 1 is 1.35 bits per heavy atom. The molecule has 1 N–H and O–H groups in total. The van der Waals surface area contributed by atoms with Gasteiger partial charge in [0.15, 0.2) is 5.82 Å². The number of rotatable bonds is 7. The number of hydrogen-bond donors (Lipinski definition) is 1. The van der Waals surface area contributed by atoms with E-state index in [1.54, 1.807) is 12.5 Å². The van der Waals surface area contributed by atoms with Crippen molar-refractivity contribution in [3.63, 3.8) is 0 Å². The summed E-state index contributed by atoms with van der Waals surface area (Å²) in [5.74, 6) is 1.58. The Balaban J connectivity index is 1.52. The van der Waals surface area contributed by atoms with Gasteiger partial charge in [-0.1, -0.05) is 0 Å². The van der Waals surface area contributed by atoms with E-state index < -0.39 is 0 Å². The summed E-state index contributed by atoms with van der Waals surface area (Å²) in [7, 11) is 0.